The monoisotopic (exact) mass is 369 g/mol. The standard InChI is InChI=1S/C23H35N3O/c1-7-16-13-22(27-17(8-2)9-3)21(14-24)26-23(16)18-11-12-20(15(5)6)25-19(18)10-4/h11-13,15,17H,7-10,14,24H2,1-6H3. The predicted molar refractivity (Wildman–Crippen MR) is 113 cm³/mol. The quantitative estimate of drug-likeness (QED) is 0.641. The Hall–Kier alpha value is -1.94. The van der Waals surface area contributed by atoms with Crippen LogP contribution in [0, 0.1) is 0 Å². The predicted octanol–water partition coefficient (Wildman–Crippen LogP) is 5.42. The van der Waals surface area contributed by atoms with E-state index in [9.17, 15) is 0 Å². The van der Waals surface area contributed by atoms with E-state index in [1.165, 1.54) is 5.56 Å². The van der Waals surface area contributed by atoms with Crippen LogP contribution in [0.1, 0.15) is 82.9 Å². The molecule has 0 fully saturated rings. The van der Waals surface area contributed by atoms with Gasteiger partial charge in [-0.3, -0.25) is 4.98 Å². The first-order valence-electron chi connectivity index (χ1n) is 10.4. The zero-order chi connectivity index (χ0) is 20.0. The molecule has 2 N–H and O–H groups in total. The second-order valence-corrected chi connectivity index (χ2v) is 7.29. The Bertz CT molecular complexity index is 752. The van der Waals surface area contributed by atoms with E-state index in [-0.39, 0.29) is 6.10 Å². The molecule has 2 aromatic rings. The van der Waals surface area contributed by atoms with E-state index in [1.807, 2.05) is 0 Å². The second-order valence-electron chi connectivity index (χ2n) is 7.29. The fourth-order valence-corrected chi connectivity index (χ4v) is 3.28. The topological polar surface area (TPSA) is 61.0 Å². The molecule has 0 bridgehead atoms. The van der Waals surface area contributed by atoms with Crippen molar-refractivity contribution in [1.82, 2.24) is 9.97 Å². The van der Waals surface area contributed by atoms with Crippen molar-refractivity contribution >= 4 is 0 Å². The first-order valence-corrected chi connectivity index (χ1v) is 10.4. The first kappa shape index (κ1) is 21.4. The van der Waals surface area contributed by atoms with Gasteiger partial charge in [0.15, 0.2) is 0 Å². The van der Waals surface area contributed by atoms with Gasteiger partial charge in [-0.05, 0) is 55.4 Å². The summed E-state index contributed by atoms with van der Waals surface area (Å²) in [4.78, 5) is 9.84. The molecule has 4 heteroatoms. The lowest BCUT2D eigenvalue weighted by molar-refractivity contribution is 0.190. The minimum atomic E-state index is 0.200. The molecule has 0 spiro atoms. The molecule has 0 aliphatic heterocycles. The van der Waals surface area contributed by atoms with Crippen molar-refractivity contribution in [3.05, 3.63) is 40.8 Å². The Balaban J connectivity index is 2.57. The zero-order valence-corrected chi connectivity index (χ0v) is 17.8. The van der Waals surface area contributed by atoms with Gasteiger partial charge in [-0.25, -0.2) is 4.98 Å². The summed E-state index contributed by atoms with van der Waals surface area (Å²) in [6.45, 7) is 13.3. The number of aromatic nitrogens is 2. The molecule has 27 heavy (non-hydrogen) atoms. The number of nitrogens with two attached hydrogens (primary N) is 1. The lowest BCUT2D eigenvalue weighted by Crippen LogP contribution is -2.17. The molecule has 0 saturated carbocycles. The third-order valence-electron chi connectivity index (χ3n) is 5.10. The number of ether oxygens (including phenoxy) is 1. The van der Waals surface area contributed by atoms with Crippen LogP contribution in [0.15, 0.2) is 18.2 Å². The number of hydrogen-bond donors (Lipinski definition) is 1. The summed E-state index contributed by atoms with van der Waals surface area (Å²) < 4.78 is 6.22. The third kappa shape index (κ3) is 4.86. The summed E-state index contributed by atoms with van der Waals surface area (Å²) >= 11 is 0. The van der Waals surface area contributed by atoms with Gasteiger partial charge in [-0.1, -0.05) is 41.5 Å². The maximum atomic E-state index is 6.22. The summed E-state index contributed by atoms with van der Waals surface area (Å²) in [6.07, 6.45) is 3.92. The Labute approximate surface area is 164 Å². The molecular formula is C23H35N3O. The Kier molecular flexibility index (Phi) is 7.78. The Morgan fingerprint density at radius 1 is 0.963 bits per heavy atom. The lowest BCUT2D eigenvalue weighted by Gasteiger charge is -2.21. The van der Waals surface area contributed by atoms with Crippen LogP contribution in [-0.4, -0.2) is 16.1 Å². The van der Waals surface area contributed by atoms with Gasteiger partial charge < -0.3 is 10.5 Å². The normalized spacial score (nSPS) is 11.4. The number of pyridine rings is 2. The molecule has 0 aromatic carbocycles. The smallest absolute Gasteiger partial charge is 0.142 e. The van der Waals surface area contributed by atoms with E-state index < -0.39 is 0 Å². The fourth-order valence-electron chi connectivity index (χ4n) is 3.28. The van der Waals surface area contributed by atoms with Crippen molar-refractivity contribution in [3.63, 3.8) is 0 Å². The molecule has 2 heterocycles. The molecule has 0 aliphatic carbocycles. The number of rotatable bonds is 9. The highest BCUT2D eigenvalue weighted by atomic mass is 16.5. The number of hydrogen-bond acceptors (Lipinski definition) is 4. The van der Waals surface area contributed by atoms with Gasteiger partial charge >= 0.3 is 0 Å². The summed E-state index contributed by atoms with van der Waals surface area (Å²) in [7, 11) is 0. The highest BCUT2D eigenvalue weighted by Crippen LogP contribution is 2.32. The minimum Gasteiger partial charge on any atom is -0.488 e. The summed E-state index contributed by atoms with van der Waals surface area (Å²) in [5, 5.41) is 0. The molecule has 0 amide bonds. The van der Waals surface area contributed by atoms with Gasteiger partial charge in [0.1, 0.15) is 5.75 Å². The third-order valence-corrected chi connectivity index (χ3v) is 5.10. The van der Waals surface area contributed by atoms with Gasteiger partial charge in [0, 0.05) is 23.5 Å². The summed E-state index contributed by atoms with van der Waals surface area (Å²) in [5.41, 5.74) is 12.4. The van der Waals surface area contributed by atoms with Crippen LogP contribution >= 0.6 is 0 Å². The van der Waals surface area contributed by atoms with Crippen molar-refractivity contribution in [1.29, 1.82) is 0 Å². The molecule has 2 aromatic heterocycles. The van der Waals surface area contributed by atoms with Crippen molar-refractivity contribution in [3.8, 4) is 17.0 Å². The highest BCUT2D eigenvalue weighted by molar-refractivity contribution is 5.67. The highest BCUT2D eigenvalue weighted by Gasteiger charge is 2.18. The van der Waals surface area contributed by atoms with Crippen LogP contribution < -0.4 is 10.5 Å². The van der Waals surface area contributed by atoms with Gasteiger partial charge in [-0.2, -0.15) is 0 Å². The van der Waals surface area contributed by atoms with Gasteiger partial charge in [0.25, 0.3) is 0 Å². The molecular weight excluding hydrogens is 334 g/mol. The summed E-state index contributed by atoms with van der Waals surface area (Å²) in [5.74, 6) is 1.25. The number of aryl methyl sites for hydroxylation is 2. The van der Waals surface area contributed by atoms with Crippen molar-refractivity contribution in [2.45, 2.75) is 85.8 Å². The van der Waals surface area contributed by atoms with E-state index in [2.05, 4.69) is 59.7 Å². The first-order chi connectivity index (χ1) is 13.0. The average Bonchev–Trinajstić information content (AvgIpc) is 2.70. The molecule has 0 atom stereocenters. The van der Waals surface area contributed by atoms with Gasteiger partial charge in [-0.15, -0.1) is 0 Å². The molecule has 0 aliphatic rings. The van der Waals surface area contributed by atoms with Crippen LogP contribution in [0.25, 0.3) is 11.3 Å². The van der Waals surface area contributed by atoms with E-state index >= 15 is 0 Å². The van der Waals surface area contributed by atoms with E-state index in [4.69, 9.17) is 20.4 Å². The fraction of sp³-hybridized carbons (Fsp3) is 0.565. The Morgan fingerprint density at radius 2 is 1.67 bits per heavy atom. The van der Waals surface area contributed by atoms with Crippen LogP contribution in [-0.2, 0) is 19.4 Å². The molecule has 148 valence electrons. The van der Waals surface area contributed by atoms with Crippen molar-refractivity contribution < 1.29 is 4.74 Å². The van der Waals surface area contributed by atoms with E-state index in [1.54, 1.807) is 0 Å². The van der Waals surface area contributed by atoms with Crippen molar-refractivity contribution in [2.24, 2.45) is 5.73 Å². The molecule has 0 saturated heterocycles. The SMILES string of the molecule is CCc1cc(OC(CC)CC)c(CN)nc1-c1ccc(C(C)C)nc1CC. The minimum absolute atomic E-state index is 0.200. The van der Waals surface area contributed by atoms with Crippen LogP contribution in [0.3, 0.4) is 0 Å². The second kappa shape index (κ2) is 9.84. The zero-order valence-electron chi connectivity index (χ0n) is 17.8. The van der Waals surface area contributed by atoms with E-state index in [0.717, 1.165) is 59.8 Å². The van der Waals surface area contributed by atoms with Gasteiger partial charge in [0.2, 0.25) is 0 Å². The van der Waals surface area contributed by atoms with E-state index in [0.29, 0.717) is 12.5 Å². The largest absolute Gasteiger partial charge is 0.488 e. The van der Waals surface area contributed by atoms with Crippen LogP contribution in [0.2, 0.25) is 0 Å². The van der Waals surface area contributed by atoms with Crippen molar-refractivity contribution in [2.75, 3.05) is 0 Å². The average molecular weight is 370 g/mol. The number of nitrogens with zero attached hydrogens (tertiary/aromatic N) is 2. The molecule has 0 radical (unpaired) electrons. The maximum absolute atomic E-state index is 6.22. The molecule has 0 unspecified atom stereocenters. The van der Waals surface area contributed by atoms with Crippen LogP contribution in [0.4, 0.5) is 0 Å². The maximum Gasteiger partial charge on any atom is 0.142 e. The lowest BCUT2D eigenvalue weighted by atomic mass is 9.98. The van der Waals surface area contributed by atoms with Crippen LogP contribution in [0.5, 0.6) is 5.75 Å². The summed E-state index contributed by atoms with van der Waals surface area (Å²) in [6, 6.07) is 6.43. The molecule has 4 nitrogen and oxygen atoms in total. The Morgan fingerprint density at radius 3 is 2.19 bits per heavy atom. The molecule has 2 rings (SSSR count). The van der Waals surface area contributed by atoms with Gasteiger partial charge in [0.05, 0.1) is 17.5 Å².